The molecule has 6 heteroatoms. The highest BCUT2D eigenvalue weighted by atomic mass is 32.2. The standard InChI is InChI=1S/C19H28N2O3S/c1-19(2,3)14-5-7-16(8-6-14)25-13-17(22)20-15-9-11-21(12-10-15)18(23)24-4/h5-8,15H,9-13H2,1-4H3,(H,20,22). The number of rotatable bonds is 4. The molecule has 1 aliphatic rings. The lowest BCUT2D eigenvalue weighted by Crippen LogP contribution is -2.46. The molecule has 1 aliphatic heterocycles. The highest BCUT2D eigenvalue weighted by Gasteiger charge is 2.24. The van der Waals surface area contributed by atoms with Crippen molar-refractivity contribution in [1.82, 2.24) is 10.2 Å². The Bertz CT molecular complexity index is 588. The van der Waals surface area contributed by atoms with Crippen LogP contribution < -0.4 is 5.32 Å². The molecular formula is C19H28N2O3S. The lowest BCUT2D eigenvalue weighted by molar-refractivity contribution is -0.119. The molecule has 1 aromatic rings. The highest BCUT2D eigenvalue weighted by molar-refractivity contribution is 8.00. The molecule has 0 spiro atoms. The third kappa shape index (κ3) is 5.96. The Morgan fingerprint density at radius 2 is 1.80 bits per heavy atom. The van der Waals surface area contributed by atoms with Gasteiger partial charge in [0.25, 0.3) is 0 Å². The fraction of sp³-hybridized carbons (Fsp3) is 0.579. The summed E-state index contributed by atoms with van der Waals surface area (Å²) in [5, 5.41) is 3.06. The molecule has 0 aromatic heterocycles. The number of methoxy groups -OCH3 is 1. The molecule has 1 heterocycles. The summed E-state index contributed by atoms with van der Waals surface area (Å²) in [6.45, 7) is 7.81. The quantitative estimate of drug-likeness (QED) is 0.832. The first-order valence-electron chi connectivity index (χ1n) is 8.65. The molecule has 1 saturated heterocycles. The Morgan fingerprint density at radius 3 is 2.32 bits per heavy atom. The Labute approximate surface area is 154 Å². The summed E-state index contributed by atoms with van der Waals surface area (Å²) in [5.74, 6) is 0.452. The van der Waals surface area contributed by atoms with Crippen LogP contribution in [0.4, 0.5) is 4.79 Å². The Balaban J connectivity index is 1.73. The van der Waals surface area contributed by atoms with E-state index in [0.717, 1.165) is 17.7 Å². The van der Waals surface area contributed by atoms with Gasteiger partial charge in [-0.15, -0.1) is 11.8 Å². The summed E-state index contributed by atoms with van der Waals surface area (Å²) in [6.07, 6.45) is 1.25. The second-order valence-corrected chi connectivity index (χ2v) is 8.41. The van der Waals surface area contributed by atoms with Crippen LogP contribution in [-0.2, 0) is 14.9 Å². The van der Waals surface area contributed by atoms with Crippen molar-refractivity contribution in [1.29, 1.82) is 0 Å². The highest BCUT2D eigenvalue weighted by Crippen LogP contribution is 2.25. The van der Waals surface area contributed by atoms with Gasteiger partial charge in [-0.1, -0.05) is 32.9 Å². The summed E-state index contributed by atoms with van der Waals surface area (Å²) < 4.78 is 4.72. The number of nitrogens with one attached hydrogen (secondary N) is 1. The Morgan fingerprint density at radius 1 is 1.20 bits per heavy atom. The number of carbonyl (C=O) groups is 2. The van der Waals surface area contributed by atoms with E-state index in [0.29, 0.717) is 18.8 Å². The first-order chi connectivity index (χ1) is 11.8. The summed E-state index contributed by atoms with van der Waals surface area (Å²) in [4.78, 5) is 26.4. The number of piperidine rings is 1. The van der Waals surface area contributed by atoms with Crippen molar-refractivity contribution < 1.29 is 14.3 Å². The van der Waals surface area contributed by atoms with Crippen molar-refractivity contribution >= 4 is 23.8 Å². The number of hydrogen-bond acceptors (Lipinski definition) is 4. The predicted octanol–water partition coefficient (Wildman–Crippen LogP) is 3.42. The fourth-order valence-electron chi connectivity index (χ4n) is 2.80. The van der Waals surface area contributed by atoms with Gasteiger partial charge in [-0.3, -0.25) is 4.79 Å². The van der Waals surface area contributed by atoms with E-state index in [1.807, 2.05) is 0 Å². The summed E-state index contributed by atoms with van der Waals surface area (Å²) in [7, 11) is 1.39. The average Bonchev–Trinajstić information content (AvgIpc) is 2.59. The maximum absolute atomic E-state index is 12.1. The lowest BCUT2D eigenvalue weighted by atomic mass is 9.87. The van der Waals surface area contributed by atoms with Crippen LogP contribution in [-0.4, -0.2) is 48.9 Å². The molecule has 1 N–H and O–H groups in total. The van der Waals surface area contributed by atoms with E-state index in [9.17, 15) is 9.59 Å². The number of thioether (sulfide) groups is 1. The molecule has 2 amide bonds. The summed E-state index contributed by atoms with van der Waals surface area (Å²) in [5.41, 5.74) is 1.43. The minimum atomic E-state index is -0.293. The zero-order chi connectivity index (χ0) is 18.4. The van der Waals surface area contributed by atoms with Crippen molar-refractivity contribution in [3.63, 3.8) is 0 Å². The van der Waals surface area contributed by atoms with Gasteiger partial charge in [-0.05, 0) is 36.0 Å². The Hall–Kier alpha value is -1.69. The third-order valence-electron chi connectivity index (χ3n) is 4.38. The number of carbonyl (C=O) groups excluding carboxylic acids is 2. The molecule has 5 nitrogen and oxygen atoms in total. The van der Waals surface area contributed by atoms with Crippen molar-refractivity contribution in [3.05, 3.63) is 29.8 Å². The average molecular weight is 365 g/mol. The Kier molecular flexibility index (Phi) is 6.76. The molecule has 138 valence electrons. The molecule has 0 unspecified atom stereocenters. The molecule has 0 aliphatic carbocycles. The van der Waals surface area contributed by atoms with Gasteiger partial charge in [0.15, 0.2) is 0 Å². The molecule has 25 heavy (non-hydrogen) atoms. The molecule has 2 rings (SSSR count). The van der Waals surface area contributed by atoms with Crippen molar-refractivity contribution in [2.45, 2.75) is 50.0 Å². The van der Waals surface area contributed by atoms with Gasteiger partial charge in [-0.2, -0.15) is 0 Å². The number of likely N-dealkylation sites (tertiary alicyclic amines) is 1. The molecule has 0 bridgehead atoms. The van der Waals surface area contributed by atoms with Crippen LogP contribution >= 0.6 is 11.8 Å². The maximum atomic E-state index is 12.1. The van der Waals surface area contributed by atoms with E-state index in [2.05, 4.69) is 50.4 Å². The lowest BCUT2D eigenvalue weighted by Gasteiger charge is -2.31. The van der Waals surface area contributed by atoms with Crippen molar-refractivity contribution in [3.8, 4) is 0 Å². The minimum absolute atomic E-state index is 0.0430. The van der Waals surface area contributed by atoms with Crippen LogP contribution in [0.3, 0.4) is 0 Å². The predicted molar refractivity (Wildman–Crippen MR) is 101 cm³/mol. The van der Waals surface area contributed by atoms with E-state index in [1.54, 1.807) is 16.7 Å². The van der Waals surface area contributed by atoms with Gasteiger partial charge in [0.2, 0.25) is 5.91 Å². The van der Waals surface area contributed by atoms with E-state index < -0.39 is 0 Å². The van der Waals surface area contributed by atoms with Gasteiger partial charge in [0.1, 0.15) is 0 Å². The van der Waals surface area contributed by atoms with Crippen LogP contribution in [0.5, 0.6) is 0 Å². The summed E-state index contributed by atoms with van der Waals surface area (Å²) in [6, 6.07) is 8.55. The van der Waals surface area contributed by atoms with Gasteiger partial charge < -0.3 is 15.0 Å². The zero-order valence-electron chi connectivity index (χ0n) is 15.5. The first kappa shape index (κ1) is 19.6. The van der Waals surface area contributed by atoms with Gasteiger partial charge in [-0.25, -0.2) is 4.79 Å². The number of benzene rings is 1. The van der Waals surface area contributed by atoms with E-state index >= 15 is 0 Å². The van der Waals surface area contributed by atoms with Crippen LogP contribution in [0.25, 0.3) is 0 Å². The van der Waals surface area contributed by atoms with E-state index in [1.165, 1.54) is 12.7 Å². The van der Waals surface area contributed by atoms with Crippen molar-refractivity contribution in [2.24, 2.45) is 0 Å². The minimum Gasteiger partial charge on any atom is -0.453 e. The molecule has 0 radical (unpaired) electrons. The number of amides is 2. The number of ether oxygens (including phenoxy) is 1. The van der Waals surface area contributed by atoms with Gasteiger partial charge in [0.05, 0.1) is 12.9 Å². The topological polar surface area (TPSA) is 58.6 Å². The number of hydrogen-bond donors (Lipinski definition) is 1. The molecule has 1 aromatic carbocycles. The van der Waals surface area contributed by atoms with Crippen molar-refractivity contribution in [2.75, 3.05) is 26.0 Å². The molecule has 0 atom stereocenters. The third-order valence-corrected chi connectivity index (χ3v) is 5.40. The van der Waals surface area contributed by atoms with Crippen LogP contribution in [0, 0.1) is 0 Å². The van der Waals surface area contributed by atoms with Gasteiger partial charge in [0, 0.05) is 24.0 Å². The van der Waals surface area contributed by atoms with Crippen LogP contribution in [0.1, 0.15) is 39.2 Å². The van der Waals surface area contributed by atoms with Crippen LogP contribution in [0.2, 0.25) is 0 Å². The second kappa shape index (κ2) is 8.61. The zero-order valence-corrected chi connectivity index (χ0v) is 16.3. The smallest absolute Gasteiger partial charge is 0.409 e. The SMILES string of the molecule is COC(=O)N1CCC(NC(=O)CSc2ccc(C(C)(C)C)cc2)CC1. The van der Waals surface area contributed by atoms with Crippen LogP contribution in [0.15, 0.2) is 29.2 Å². The second-order valence-electron chi connectivity index (χ2n) is 7.36. The van der Waals surface area contributed by atoms with E-state index in [-0.39, 0.29) is 23.5 Å². The maximum Gasteiger partial charge on any atom is 0.409 e. The molecule has 1 fully saturated rings. The number of nitrogens with zero attached hydrogens (tertiary/aromatic N) is 1. The fourth-order valence-corrected chi connectivity index (χ4v) is 3.51. The first-order valence-corrected chi connectivity index (χ1v) is 9.64. The molecular weight excluding hydrogens is 336 g/mol. The normalized spacial score (nSPS) is 15.8. The van der Waals surface area contributed by atoms with E-state index in [4.69, 9.17) is 4.74 Å². The largest absolute Gasteiger partial charge is 0.453 e. The monoisotopic (exact) mass is 364 g/mol. The molecule has 0 saturated carbocycles. The van der Waals surface area contributed by atoms with Gasteiger partial charge >= 0.3 is 6.09 Å². The summed E-state index contributed by atoms with van der Waals surface area (Å²) >= 11 is 1.55.